The summed E-state index contributed by atoms with van der Waals surface area (Å²) in [4.78, 5) is 17.4. The molecule has 1 aromatic carbocycles. The van der Waals surface area contributed by atoms with Crippen LogP contribution in [0, 0.1) is 13.8 Å². The molecular weight excluding hydrogens is 400 g/mol. The molecule has 2 aromatic heterocycles. The Labute approximate surface area is 189 Å². The Hall–Kier alpha value is -2.93. The lowest BCUT2D eigenvalue weighted by Crippen LogP contribution is -2.31. The summed E-state index contributed by atoms with van der Waals surface area (Å²) in [6.45, 7) is 9.20. The van der Waals surface area contributed by atoms with E-state index in [0.29, 0.717) is 18.9 Å². The molecule has 2 aliphatic rings. The summed E-state index contributed by atoms with van der Waals surface area (Å²) in [6.07, 6.45) is 2.49. The molecule has 7 heteroatoms. The Balaban J connectivity index is 1.20. The standard InChI is InChI=1S/C25H32N6O/c1-18-14-19(2)31(28-18)13-10-24(32)30-12-8-21(16-30)25-22-17-29(11-9-23(22)26-27-25)15-20-6-4-3-5-7-20/h3-7,14,21H,8-13,15-17H2,1-2H3,(H,26,27). The van der Waals surface area contributed by atoms with E-state index in [1.807, 2.05) is 23.4 Å². The average Bonchev–Trinajstić information content (AvgIpc) is 3.51. The van der Waals surface area contributed by atoms with Gasteiger partial charge < -0.3 is 4.90 Å². The molecule has 5 rings (SSSR count). The van der Waals surface area contributed by atoms with Crippen LogP contribution >= 0.6 is 0 Å². The fourth-order valence-electron chi connectivity index (χ4n) is 5.16. The number of carbonyl (C=O) groups excluding carboxylic acids is 1. The van der Waals surface area contributed by atoms with Crippen molar-refractivity contribution in [3.05, 3.63) is 70.3 Å². The zero-order valence-corrected chi connectivity index (χ0v) is 19.0. The molecule has 0 spiro atoms. The van der Waals surface area contributed by atoms with Crippen molar-refractivity contribution in [1.82, 2.24) is 29.8 Å². The van der Waals surface area contributed by atoms with E-state index in [4.69, 9.17) is 5.10 Å². The van der Waals surface area contributed by atoms with Crippen LogP contribution in [0.2, 0.25) is 0 Å². The van der Waals surface area contributed by atoms with Crippen LogP contribution in [0.25, 0.3) is 0 Å². The summed E-state index contributed by atoms with van der Waals surface area (Å²) in [7, 11) is 0. The van der Waals surface area contributed by atoms with E-state index in [2.05, 4.69) is 51.5 Å². The number of aromatic nitrogens is 4. The van der Waals surface area contributed by atoms with Gasteiger partial charge in [-0.2, -0.15) is 10.2 Å². The molecule has 1 fully saturated rings. The molecule has 2 aliphatic heterocycles. The van der Waals surface area contributed by atoms with Gasteiger partial charge in [-0.3, -0.25) is 19.5 Å². The molecule has 1 unspecified atom stereocenters. The molecule has 4 heterocycles. The third-order valence-corrected chi connectivity index (χ3v) is 6.86. The minimum atomic E-state index is 0.218. The van der Waals surface area contributed by atoms with Gasteiger partial charge in [-0.25, -0.2) is 0 Å². The van der Waals surface area contributed by atoms with Crippen LogP contribution in [0.3, 0.4) is 0 Å². The van der Waals surface area contributed by atoms with Gasteiger partial charge in [0.1, 0.15) is 0 Å². The number of benzene rings is 1. The van der Waals surface area contributed by atoms with Gasteiger partial charge >= 0.3 is 0 Å². The minimum Gasteiger partial charge on any atom is -0.342 e. The zero-order chi connectivity index (χ0) is 22.1. The van der Waals surface area contributed by atoms with E-state index in [9.17, 15) is 4.79 Å². The van der Waals surface area contributed by atoms with Gasteiger partial charge in [0, 0.05) is 75.0 Å². The van der Waals surface area contributed by atoms with Crippen LogP contribution in [-0.4, -0.2) is 55.3 Å². The number of aryl methyl sites for hydroxylation is 3. The number of hydrogen-bond donors (Lipinski definition) is 1. The van der Waals surface area contributed by atoms with Gasteiger partial charge in [0.05, 0.1) is 11.4 Å². The van der Waals surface area contributed by atoms with Crippen molar-refractivity contribution < 1.29 is 4.79 Å². The topological polar surface area (TPSA) is 70.1 Å². The van der Waals surface area contributed by atoms with Crippen molar-refractivity contribution >= 4 is 5.91 Å². The number of likely N-dealkylation sites (tertiary alicyclic amines) is 1. The maximum Gasteiger partial charge on any atom is 0.224 e. The fourth-order valence-corrected chi connectivity index (χ4v) is 5.16. The van der Waals surface area contributed by atoms with Crippen molar-refractivity contribution in [2.75, 3.05) is 19.6 Å². The average molecular weight is 433 g/mol. The van der Waals surface area contributed by atoms with E-state index in [0.717, 1.165) is 57.0 Å². The first-order valence-corrected chi connectivity index (χ1v) is 11.7. The Bertz CT molecular complexity index is 1090. The number of carbonyl (C=O) groups is 1. The number of fused-ring (bicyclic) bond motifs is 1. The van der Waals surface area contributed by atoms with Gasteiger partial charge in [0.25, 0.3) is 0 Å². The Morgan fingerprint density at radius 2 is 2.03 bits per heavy atom. The molecule has 0 bridgehead atoms. The lowest BCUT2D eigenvalue weighted by molar-refractivity contribution is -0.130. The number of nitrogens with one attached hydrogen (secondary N) is 1. The fraction of sp³-hybridized carbons (Fsp3) is 0.480. The summed E-state index contributed by atoms with van der Waals surface area (Å²) in [5.74, 6) is 0.541. The highest BCUT2D eigenvalue weighted by Crippen LogP contribution is 2.32. The summed E-state index contributed by atoms with van der Waals surface area (Å²) in [5.41, 5.74) is 7.26. The molecule has 0 saturated carbocycles. The quantitative estimate of drug-likeness (QED) is 0.650. The highest BCUT2D eigenvalue weighted by molar-refractivity contribution is 5.76. The highest BCUT2D eigenvalue weighted by Gasteiger charge is 2.32. The second kappa shape index (κ2) is 8.90. The van der Waals surface area contributed by atoms with Crippen molar-refractivity contribution in [3.63, 3.8) is 0 Å². The highest BCUT2D eigenvalue weighted by atomic mass is 16.2. The molecule has 1 amide bonds. The third kappa shape index (κ3) is 4.35. The maximum atomic E-state index is 12.8. The first-order chi connectivity index (χ1) is 15.6. The molecule has 0 aliphatic carbocycles. The van der Waals surface area contributed by atoms with Gasteiger partial charge in [-0.15, -0.1) is 0 Å². The number of hydrogen-bond acceptors (Lipinski definition) is 4. The van der Waals surface area contributed by atoms with Crippen molar-refractivity contribution in [2.24, 2.45) is 0 Å². The summed E-state index contributed by atoms with van der Waals surface area (Å²) < 4.78 is 1.94. The molecule has 1 N–H and O–H groups in total. The van der Waals surface area contributed by atoms with Crippen LogP contribution in [0.15, 0.2) is 36.4 Å². The molecule has 7 nitrogen and oxygen atoms in total. The summed E-state index contributed by atoms with van der Waals surface area (Å²) in [5, 5.41) is 12.5. The second-order valence-corrected chi connectivity index (χ2v) is 9.24. The lowest BCUT2D eigenvalue weighted by atomic mass is 9.96. The number of rotatable bonds is 6. The molecular formula is C25H32N6O. The van der Waals surface area contributed by atoms with Crippen LogP contribution in [0.1, 0.15) is 52.7 Å². The minimum absolute atomic E-state index is 0.218. The Kier molecular flexibility index (Phi) is 5.83. The number of amides is 1. The van der Waals surface area contributed by atoms with Crippen molar-refractivity contribution in [3.8, 4) is 0 Å². The second-order valence-electron chi connectivity index (χ2n) is 9.24. The number of aromatic amines is 1. The molecule has 168 valence electrons. The van der Waals surface area contributed by atoms with Gasteiger partial charge in [-0.05, 0) is 31.9 Å². The van der Waals surface area contributed by atoms with Crippen molar-refractivity contribution in [2.45, 2.75) is 58.7 Å². The Morgan fingerprint density at radius 1 is 1.19 bits per heavy atom. The van der Waals surface area contributed by atoms with Gasteiger partial charge in [-0.1, -0.05) is 30.3 Å². The zero-order valence-electron chi connectivity index (χ0n) is 19.0. The largest absolute Gasteiger partial charge is 0.342 e. The van der Waals surface area contributed by atoms with E-state index in [1.54, 1.807) is 0 Å². The van der Waals surface area contributed by atoms with Crippen LogP contribution in [-0.2, 0) is 30.8 Å². The monoisotopic (exact) mass is 432 g/mol. The predicted molar refractivity (Wildman–Crippen MR) is 123 cm³/mol. The molecule has 3 aromatic rings. The molecule has 32 heavy (non-hydrogen) atoms. The first-order valence-electron chi connectivity index (χ1n) is 11.7. The van der Waals surface area contributed by atoms with E-state index in [1.165, 1.54) is 22.5 Å². The normalized spacial score (nSPS) is 18.8. The summed E-state index contributed by atoms with van der Waals surface area (Å²) in [6, 6.07) is 12.7. The number of nitrogens with zero attached hydrogens (tertiary/aromatic N) is 5. The van der Waals surface area contributed by atoms with Crippen LogP contribution in [0.4, 0.5) is 0 Å². The predicted octanol–water partition coefficient (Wildman–Crippen LogP) is 3.19. The smallest absolute Gasteiger partial charge is 0.224 e. The molecule has 1 atom stereocenters. The van der Waals surface area contributed by atoms with Gasteiger partial charge in [0.2, 0.25) is 5.91 Å². The summed E-state index contributed by atoms with van der Waals surface area (Å²) >= 11 is 0. The van der Waals surface area contributed by atoms with E-state index >= 15 is 0 Å². The maximum absolute atomic E-state index is 12.8. The van der Waals surface area contributed by atoms with E-state index in [-0.39, 0.29) is 5.91 Å². The van der Waals surface area contributed by atoms with E-state index < -0.39 is 0 Å². The molecule has 0 radical (unpaired) electrons. The third-order valence-electron chi connectivity index (χ3n) is 6.86. The lowest BCUT2D eigenvalue weighted by Gasteiger charge is -2.27. The van der Waals surface area contributed by atoms with Gasteiger partial charge in [0.15, 0.2) is 0 Å². The Morgan fingerprint density at radius 3 is 2.81 bits per heavy atom. The number of H-pyrrole nitrogens is 1. The van der Waals surface area contributed by atoms with Crippen LogP contribution < -0.4 is 0 Å². The van der Waals surface area contributed by atoms with Crippen LogP contribution in [0.5, 0.6) is 0 Å². The SMILES string of the molecule is Cc1cc(C)n(CCC(=O)N2CCC(c3n[nH]c4c3CN(Cc3ccccc3)CC4)C2)n1. The molecule has 1 saturated heterocycles. The first kappa shape index (κ1) is 20.9. The van der Waals surface area contributed by atoms with Crippen molar-refractivity contribution in [1.29, 1.82) is 0 Å².